The molecule has 7 nitrogen and oxygen atoms in total. The molecule has 2 aromatic carbocycles. The highest BCUT2D eigenvalue weighted by Gasteiger charge is 2.13. The molecule has 2 N–H and O–H groups in total. The Hall–Kier alpha value is -3.61. The number of carbonyl (C=O) groups is 1. The minimum atomic E-state index is -0.326. The van der Waals surface area contributed by atoms with E-state index in [2.05, 4.69) is 20.6 Å². The molecule has 0 saturated heterocycles. The minimum Gasteiger partial charge on any atom is -0.496 e. The molecule has 0 atom stereocenters. The number of ether oxygens (including phenoxy) is 2. The normalized spacial score (nSPS) is 10.3. The molecule has 0 aliphatic carbocycles. The molecule has 3 rings (SSSR count). The van der Waals surface area contributed by atoms with Crippen LogP contribution < -0.4 is 20.1 Å². The quantitative estimate of drug-likeness (QED) is 0.608. The predicted octanol–water partition coefficient (Wildman–Crippen LogP) is 3.71. The lowest BCUT2D eigenvalue weighted by Gasteiger charge is -2.12. The summed E-state index contributed by atoms with van der Waals surface area (Å²) in [7, 11) is 3.21. The molecule has 29 heavy (non-hydrogen) atoms. The first-order chi connectivity index (χ1) is 14.1. The van der Waals surface area contributed by atoms with Gasteiger partial charge in [-0.15, -0.1) is 0 Å². The minimum absolute atomic E-state index is 0.281. The Morgan fingerprint density at radius 3 is 2.41 bits per heavy atom. The summed E-state index contributed by atoms with van der Waals surface area (Å²) in [4.78, 5) is 21.4. The average molecular weight is 392 g/mol. The van der Waals surface area contributed by atoms with Crippen molar-refractivity contribution in [3.63, 3.8) is 0 Å². The van der Waals surface area contributed by atoms with E-state index in [1.807, 2.05) is 43.3 Å². The van der Waals surface area contributed by atoms with Gasteiger partial charge in [0.15, 0.2) is 0 Å². The molecule has 3 aromatic rings. The summed E-state index contributed by atoms with van der Waals surface area (Å²) in [6.07, 6.45) is 0.740. The fraction of sp³-hybridized carbons (Fsp3) is 0.227. The fourth-order valence-corrected chi connectivity index (χ4v) is 2.92. The van der Waals surface area contributed by atoms with Gasteiger partial charge in [-0.3, -0.25) is 4.79 Å². The molecule has 0 aliphatic rings. The molecule has 0 spiro atoms. The number of aryl methyl sites for hydroxylation is 1. The zero-order valence-corrected chi connectivity index (χ0v) is 16.7. The van der Waals surface area contributed by atoms with Gasteiger partial charge in [0.25, 0.3) is 5.91 Å². The lowest BCUT2D eigenvalue weighted by atomic mass is 10.1. The van der Waals surface area contributed by atoms with Gasteiger partial charge in [-0.25, -0.2) is 9.97 Å². The molecular weight excluding hydrogens is 368 g/mol. The van der Waals surface area contributed by atoms with Gasteiger partial charge in [-0.1, -0.05) is 30.3 Å². The Morgan fingerprint density at radius 1 is 0.966 bits per heavy atom. The molecule has 0 aliphatic heterocycles. The number of hydrogen-bond acceptors (Lipinski definition) is 6. The monoisotopic (exact) mass is 392 g/mol. The van der Waals surface area contributed by atoms with Crippen LogP contribution in [0.15, 0.2) is 54.6 Å². The lowest BCUT2D eigenvalue weighted by Crippen LogP contribution is -2.17. The molecule has 1 amide bonds. The SMILES string of the molecule is COc1ccccc1CCNc1nc(C)cc(C(=O)Nc2ccccc2OC)n1. The maximum absolute atomic E-state index is 12.7. The largest absolute Gasteiger partial charge is 0.496 e. The topological polar surface area (TPSA) is 85.4 Å². The average Bonchev–Trinajstić information content (AvgIpc) is 2.74. The first-order valence-corrected chi connectivity index (χ1v) is 9.26. The number of hydrogen-bond donors (Lipinski definition) is 2. The molecule has 0 unspecified atom stereocenters. The first-order valence-electron chi connectivity index (χ1n) is 9.26. The summed E-state index contributed by atoms with van der Waals surface area (Å²) in [5.74, 6) is 1.51. The van der Waals surface area contributed by atoms with E-state index in [0.717, 1.165) is 17.7 Å². The van der Waals surface area contributed by atoms with E-state index in [1.54, 1.807) is 32.4 Å². The standard InChI is InChI=1S/C22H24N4O3/c1-15-14-18(21(27)25-17-9-5-7-11-20(17)29-3)26-22(24-15)23-13-12-16-8-4-6-10-19(16)28-2/h4-11,14H,12-13H2,1-3H3,(H,25,27)(H,23,24,26). The zero-order chi connectivity index (χ0) is 20.6. The number of rotatable bonds is 8. The van der Waals surface area contributed by atoms with Gasteiger partial charge in [0.05, 0.1) is 19.9 Å². The highest BCUT2D eigenvalue weighted by Crippen LogP contribution is 2.23. The Bertz CT molecular complexity index is 991. The summed E-state index contributed by atoms with van der Waals surface area (Å²) in [5.41, 5.74) is 2.65. The third-order valence-electron chi connectivity index (χ3n) is 4.31. The predicted molar refractivity (Wildman–Crippen MR) is 113 cm³/mol. The number of methoxy groups -OCH3 is 2. The second-order valence-electron chi connectivity index (χ2n) is 6.36. The van der Waals surface area contributed by atoms with Crippen LogP contribution >= 0.6 is 0 Å². The van der Waals surface area contributed by atoms with E-state index in [9.17, 15) is 4.79 Å². The van der Waals surface area contributed by atoms with E-state index in [4.69, 9.17) is 9.47 Å². The summed E-state index contributed by atoms with van der Waals surface area (Å²) in [6.45, 7) is 2.43. The summed E-state index contributed by atoms with van der Waals surface area (Å²) in [6, 6.07) is 16.7. The highest BCUT2D eigenvalue weighted by atomic mass is 16.5. The van der Waals surface area contributed by atoms with Crippen molar-refractivity contribution >= 4 is 17.5 Å². The second kappa shape index (κ2) is 9.54. The molecule has 150 valence electrons. The van der Waals surface area contributed by atoms with Crippen LogP contribution in [0.5, 0.6) is 11.5 Å². The molecule has 1 aromatic heterocycles. The third kappa shape index (κ3) is 5.22. The Labute approximate surface area is 170 Å². The van der Waals surface area contributed by atoms with Crippen LogP contribution in [0.1, 0.15) is 21.7 Å². The maximum atomic E-state index is 12.7. The molecular formula is C22H24N4O3. The van der Waals surface area contributed by atoms with Gasteiger partial charge in [0.2, 0.25) is 5.95 Å². The van der Waals surface area contributed by atoms with Crippen molar-refractivity contribution in [3.05, 3.63) is 71.5 Å². The van der Waals surface area contributed by atoms with Crippen LogP contribution in [0.3, 0.4) is 0 Å². The number of anilines is 2. The van der Waals surface area contributed by atoms with Crippen molar-refractivity contribution in [2.75, 3.05) is 31.4 Å². The van der Waals surface area contributed by atoms with Crippen LogP contribution in [0, 0.1) is 6.92 Å². The van der Waals surface area contributed by atoms with Crippen molar-refractivity contribution < 1.29 is 14.3 Å². The summed E-state index contributed by atoms with van der Waals surface area (Å²) >= 11 is 0. The number of carbonyl (C=O) groups excluding carboxylic acids is 1. The van der Waals surface area contributed by atoms with Gasteiger partial charge in [-0.2, -0.15) is 0 Å². The second-order valence-corrected chi connectivity index (χ2v) is 6.36. The van der Waals surface area contributed by atoms with E-state index < -0.39 is 0 Å². The van der Waals surface area contributed by atoms with Crippen LogP contribution in [0.25, 0.3) is 0 Å². The number of aromatic nitrogens is 2. The van der Waals surface area contributed by atoms with Gasteiger partial charge in [0.1, 0.15) is 17.2 Å². The molecule has 1 heterocycles. The molecule has 0 radical (unpaired) electrons. The maximum Gasteiger partial charge on any atom is 0.274 e. The number of nitrogens with zero attached hydrogens (tertiary/aromatic N) is 2. The van der Waals surface area contributed by atoms with Gasteiger partial charge in [-0.05, 0) is 43.2 Å². The lowest BCUT2D eigenvalue weighted by molar-refractivity contribution is 0.102. The molecule has 0 bridgehead atoms. The summed E-state index contributed by atoms with van der Waals surface area (Å²) < 4.78 is 10.6. The van der Waals surface area contributed by atoms with Crippen molar-refractivity contribution in [1.82, 2.24) is 9.97 Å². The van der Waals surface area contributed by atoms with Crippen molar-refractivity contribution in [2.45, 2.75) is 13.3 Å². The van der Waals surface area contributed by atoms with Crippen LogP contribution in [-0.4, -0.2) is 36.6 Å². The Morgan fingerprint density at radius 2 is 1.66 bits per heavy atom. The van der Waals surface area contributed by atoms with Crippen molar-refractivity contribution in [3.8, 4) is 11.5 Å². The molecule has 0 fully saturated rings. The highest BCUT2D eigenvalue weighted by molar-refractivity contribution is 6.03. The van der Waals surface area contributed by atoms with E-state index in [1.165, 1.54) is 0 Å². The third-order valence-corrected chi connectivity index (χ3v) is 4.31. The van der Waals surface area contributed by atoms with E-state index in [-0.39, 0.29) is 11.6 Å². The van der Waals surface area contributed by atoms with Gasteiger partial charge < -0.3 is 20.1 Å². The van der Waals surface area contributed by atoms with E-state index in [0.29, 0.717) is 29.6 Å². The van der Waals surface area contributed by atoms with Crippen LogP contribution in [0.4, 0.5) is 11.6 Å². The molecule has 7 heteroatoms. The smallest absolute Gasteiger partial charge is 0.274 e. The first kappa shape index (κ1) is 20.1. The number of nitrogens with one attached hydrogen (secondary N) is 2. The number of para-hydroxylation sites is 3. The number of amides is 1. The summed E-state index contributed by atoms with van der Waals surface area (Å²) in [5, 5.41) is 6.02. The molecule has 0 saturated carbocycles. The van der Waals surface area contributed by atoms with Crippen LogP contribution in [-0.2, 0) is 6.42 Å². The van der Waals surface area contributed by atoms with Crippen LogP contribution in [0.2, 0.25) is 0 Å². The van der Waals surface area contributed by atoms with Crippen molar-refractivity contribution in [1.29, 1.82) is 0 Å². The fourth-order valence-electron chi connectivity index (χ4n) is 2.92. The van der Waals surface area contributed by atoms with Gasteiger partial charge >= 0.3 is 0 Å². The van der Waals surface area contributed by atoms with Gasteiger partial charge in [0, 0.05) is 12.2 Å². The van der Waals surface area contributed by atoms with Crippen molar-refractivity contribution in [2.24, 2.45) is 0 Å². The van der Waals surface area contributed by atoms with E-state index >= 15 is 0 Å². The number of benzene rings is 2. The zero-order valence-electron chi connectivity index (χ0n) is 16.7. The Kier molecular flexibility index (Phi) is 6.63. The Balaban J connectivity index is 1.68.